The van der Waals surface area contributed by atoms with Crippen molar-refractivity contribution in [1.29, 1.82) is 0 Å². The van der Waals surface area contributed by atoms with E-state index in [-0.39, 0.29) is 17.1 Å². The van der Waals surface area contributed by atoms with Crippen molar-refractivity contribution in [2.24, 2.45) is 0 Å². The molecule has 7 heteroatoms. The van der Waals surface area contributed by atoms with Crippen LogP contribution in [0.4, 0.5) is 11.4 Å². The number of halogens is 1. The molecule has 3 aromatic rings. The summed E-state index contributed by atoms with van der Waals surface area (Å²) in [4.78, 5) is 25.9. The maximum atomic E-state index is 12.5. The third kappa shape index (κ3) is 6.11. The number of benzene rings is 3. The molecule has 0 aliphatic rings. The van der Waals surface area contributed by atoms with Gasteiger partial charge in [0, 0.05) is 26.3 Å². The van der Waals surface area contributed by atoms with Crippen molar-refractivity contribution >= 4 is 50.9 Å². The molecule has 2 amide bonds. The summed E-state index contributed by atoms with van der Waals surface area (Å²) in [5.41, 5.74) is 1.91. The van der Waals surface area contributed by atoms with Gasteiger partial charge in [0.25, 0.3) is 5.91 Å². The minimum absolute atomic E-state index is 0.0897. The van der Waals surface area contributed by atoms with E-state index in [1.165, 1.54) is 11.8 Å². The van der Waals surface area contributed by atoms with E-state index >= 15 is 0 Å². The zero-order valence-electron chi connectivity index (χ0n) is 16.5. The predicted molar refractivity (Wildman–Crippen MR) is 125 cm³/mol. The van der Waals surface area contributed by atoms with Crippen LogP contribution in [0.1, 0.15) is 17.3 Å². The van der Waals surface area contributed by atoms with Gasteiger partial charge >= 0.3 is 0 Å². The first-order valence-corrected chi connectivity index (χ1v) is 10.9. The fourth-order valence-electron chi connectivity index (χ4n) is 2.65. The maximum Gasteiger partial charge on any atom is 0.255 e. The van der Waals surface area contributed by atoms with Crippen LogP contribution in [0.3, 0.4) is 0 Å². The molecule has 0 saturated carbocycles. The van der Waals surface area contributed by atoms with Gasteiger partial charge in [0.15, 0.2) is 0 Å². The van der Waals surface area contributed by atoms with Crippen molar-refractivity contribution in [3.05, 3.63) is 82.8 Å². The Morgan fingerprint density at radius 3 is 2.40 bits per heavy atom. The van der Waals surface area contributed by atoms with E-state index in [0.29, 0.717) is 17.0 Å². The smallest absolute Gasteiger partial charge is 0.255 e. The number of rotatable bonds is 7. The number of anilines is 2. The highest BCUT2D eigenvalue weighted by Crippen LogP contribution is 2.27. The first kappa shape index (κ1) is 21.9. The SMILES string of the molecule is COc1cccc(C(=O)Nc2cccc(SC(C)C(=O)Nc3ccc(Br)cc3)c2)c1. The minimum atomic E-state index is -0.307. The summed E-state index contributed by atoms with van der Waals surface area (Å²) in [7, 11) is 1.56. The molecule has 0 saturated heterocycles. The average molecular weight is 485 g/mol. The fraction of sp³-hybridized carbons (Fsp3) is 0.130. The molecule has 1 atom stereocenters. The Bertz CT molecular complexity index is 1040. The molecule has 1 unspecified atom stereocenters. The first-order chi connectivity index (χ1) is 14.4. The van der Waals surface area contributed by atoms with Crippen molar-refractivity contribution in [3.8, 4) is 5.75 Å². The van der Waals surface area contributed by atoms with Gasteiger partial charge in [-0.15, -0.1) is 11.8 Å². The Kier molecular flexibility index (Phi) is 7.54. The molecule has 5 nitrogen and oxygen atoms in total. The molecule has 0 fully saturated rings. The molecule has 3 rings (SSSR count). The van der Waals surface area contributed by atoms with Gasteiger partial charge in [-0.05, 0) is 67.6 Å². The Morgan fingerprint density at radius 1 is 0.933 bits per heavy atom. The Balaban J connectivity index is 1.62. The molecule has 0 spiro atoms. The van der Waals surface area contributed by atoms with E-state index in [1.807, 2.05) is 55.5 Å². The van der Waals surface area contributed by atoms with Crippen LogP contribution in [0.5, 0.6) is 5.75 Å². The molecule has 0 aliphatic carbocycles. The molecule has 154 valence electrons. The summed E-state index contributed by atoms with van der Waals surface area (Å²) in [5.74, 6) is 0.308. The van der Waals surface area contributed by atoms with E-state index < -0.39 is 0 Å². The molecular formula is C23H21BrN2O3S. The molecule has 0 aromatic heterocycles. The Morgan fingerprint density at radius 2 is 1.67 bits per heavy atom. The topological polar surface area (TPSA) is 67.4 Å². The van der Waals surface area contributed by atoms with Gasteiger partial charge in [0.05, 0.1) is 12.4 Å². The number of nitrogens with one attached hydrogen (secondary N) is 2. The molecular weight excluding hydrogens is 464 g/mol. The molecule has 0 aliphatic heterocycles. The number of amides is 2. The molecule has 30 heavy (non-hydrogen) atoms. The number of carbonyl (C=O) groups excluding carboxylic acids is 2. The third-order valence-corrected chi connectivity index (χ3v) is 5.84. The number of hydrogen-bond acceptors (Lipinski definition) is 4. The lowest BCUT2D eigenvalue weighted by Gasteiger charge is -2.13. The van der Waals surface area contributed by atoms with Crippen molar-refractivity contribution in [3.63, 3.8) is 0 Å². The van der Waals surface area contributed by atoms with Gasteiger partial charge in [-0.3, -0.25) is 9.59 Å². The molecule has 2 N–H and O–H groups in total. The largest absolute Gasteiger partial charge is 0.497 e. The Hall–Kier alpha value is -2.77. The van der Waals surface area contributed by atoms with E-state index in [9.17, 15) is 9.59 Å². The van der Waals surface area contributed by atoms with Crippen molar-refractivity contribution in [2.75, 3.05) is 17.7 Å². The second-order valence-electron chi connectivity index (χ2n) is 6.47. The van der Waals surface area contributed by atoms with E-state index in [1.54, 1.807) is 31.4 Å². The standard InChI is InChI=1S/C23H21BrN2O3S/c1-15(22(27)25-18-11-9-17(24)10-12-18)30-21-8-4-6-19(14-21)26-23(28)16-5-3-7-20(13-16)29-2/h3-15H,1-2H3,(H,25,27)(H,26,28). The van der Waals surface area contributed by atoms with Gasteiger partial charge in [-0.25, -0.2) is 0 Å². The van der Waals surface area contributed by atoms with Gasteiger partial charge in [0.1, 0.15) is 5.75 Å². The van der Waals surface area contributed by atoms with Crippen LogP contribution in [0.15, 0.2) is 82.2 Å². The molecule has 3 aromatic carbocycles. The lowest BCUT2D eigenvalue weighted by atomic mass is 10.2. The highest BCUT2D eigenvalue weighted by molar-refractivity contribution is 9.10. The van der Waals surface area contributed by atoms with Gasteiger partial charge in [0.2, 0.25) is 5.91 Å². The second-order valence-corrected chi connectivity index (χ2v) is 8.80. The average Bonchev–Trinajstić information content (AvgIpc) is 2.75. The summed E-state index contributed by atoms with van der Waals surface area (Å²) in [6.07, 6.45) is 0. The maximum absolute atomic E-state index is 12.5. The van der Waals surface area contributed by atoms with Crippen LogP contribution in [-0.2, 0) is 4.79 Å². The fourth-order valence-corrected chi connectivity index (χ4v) is 3.84. The molecule has 0 heterocycles. The van der Waals surface area contributed by atoms with Gasteiger partial charge < -0.3 is 15.4 Å². The number of hydrogen-bond donors (Lipinski definition) is 2. The lowest BCUT2D eigenvalue weighted by Crippen LogP contribution is -2.22. The summed E-state index contributed by atoms with van der Waals surface area (Å²) in [6, 6.07) is 21.8. The van der Waals surface area contributed by atoms with Crippen LogP contribution in [-0.4, -0.2) is 24.2 Å². The van der Waals surface area contributed by atoms with Crippen molar-refractivity contribution in [2.45, 2.75) is 17.1 Å². The zero-order chi connectivity index (χ0) is 21.5. The van der Waals surface area contributed by atoms with Crippen LogP contribution in [0.25, 0.3) is 0 Å². The monoisotopic (exact) mass is 484 g/mol. The predicted octanol–water partition coefficient (Wildman–Crippen LogP) is 5.83. The Labute approximate surface area is 188 Å². The highest BCUT2D eigenvalue weighted by Gasteiger charge is 2.15. The quantitative estimate of drug-likeness (QED) is 0.414. The molecule has 0 radical (unpaired) electrons. The minimum Gasteiger partial charge on any atom is -0.497 e. The van der Waals surface area contributed by atoms with Crippen LogP contribution < -0.4 is 15.4 Å². The van der Waals surface area contributed by atoms with Gasteiger partial charge in [-0.1, -0.05) is 28.1 Å². The van der Waals surface area contributed by atoms with Crippen molar-refractivity contribution < 1.29 is 14.3 Å². The van der Waals surface area contributed by atoms with Gasteiger partial charge in [-0.2, -0.15) is 0 Å². The normalized spacial score (nSPS) is 11.4. The summed E-state index contributed by atoms with van der Waals surface area (Å²) in [5, 5.41) is 5.48. The number of methoxy groups -OCH3 is 1. The third-order valence-electron chi connectivity index (χ3n) is 4.22. The number of ether oxygens (including phenoxy) is 1. The summed E-state index contributed by atoms with van der Waals surface area (Å²) in [6.45, 7) is 1.85. The highest BCUT2D eigenvalue weighted by atomic mass is 79.9. The van der Waals surface area contributed by atoms with E-state index in [4.69, 9.17) is 4.74 Å². The van der Waals surface area contributed by atoms with Crippen molar-refractivity contribution in [1.82, 2.24) is 0 Å². The number of thioether (sulfide) groups is 1. The summed E-state index contributed by atoms with van der Waals surface area (Å²) >= 11 is 4.80. The van der Waals surface area contributed by atoms with Crippen LogP contribution in [0.2, 0.25) is 0 Å². The van der Waals surface area contributed by atoms with Crippen LogP contribution >= 0.6 is 27.7 Å². The second kappa shape index (κ2) is 10.3. The summed E-state index contributed by atoms with van der Waals surface area (Å²) < 4.78 is 6.12. The lowest BCUT2D eigenvalue weighted by molar-refractivity contribution is -0.115. The van der Waals surface area contributed by atoms with E-state index in [2.05, 4.69) is 26.6 Å². The molecule has 0 bridgehead atoms. The number of carbonyl (C=O) groups is 2. The van der Waals surface area contributed by atoms with E-state index in [0.717, 1.165) is 15.1 Å². The zero-order valence-corrected chi connectivity index (χ0v) is 18.9. The first-order valence-electron chi connectivity index (χ1n) is 9.23. The van der Waals surface area contributed by atoms with Crippen LogP contribution in [0, 0.1) is 0 Å².